The zero-order valence-corrected chi connectivity index (χ0v) is 9.95. The fraction of sp³-hybridized carbons (Fsp3) is 0.0769. The van der Waals surface area contributed by atoms with Crippen LogP contribution in [0, 0.1) is 6.92 Å². The molecule has 2 rings (SSSR count). The topological polar surface area (TPSA) is 20.2 Å². The summed E-state index contributed by atoms with van der Waals surface area (Å²) in [5, 5.41) is 9.95. The Balaban J connectivity index is 2.63. The average molecular weight is 263 g/mol. The van der Waals surface area contributed by atoms with Gasteiger partial charge in [-0.3, -0.25) is 0 Å². The Bertz CT molecular complexity index is 477. The monoisotopic (exact) mass is 262 g/mol. The van der Waals surface area contributed by atoms with Gasteiger partial charge in [0.15, 0.2) is 0 Å². The van der Waals surface area contributed by atoms with Crippen LogP contribution in [0.4, 0.5) is 0 Å². The molecule has 0 aliphatic rings. The van der Waals surface area contributed by atoms with E-state index in [-0.39, 0.29) is 0 Å². The van der Waals surface area contributed by atoms with Crippen LogP contribution in [0.1, 0.15) is 5.56 Å². The second-order valence-corrected chi connectivity index (χ2v) is 4.40. The van der Waals surface area contributed by atoms with Crippen LogP contribution in [0.5, 0.6) is 5.75 Å². The van der Waals surface area contributed by atoms with Crippen LogP contribution in [0.2, 0.25) is 0 Å². The molecule has 0 aromatic heterocycles. The summed E-state index contributed by atoms with van der Waals surface area (Å²) in [7, 11) is 0. The van der Waals surface area contributed by atoms with Crippen molar-refractivity contribution in [3.63, 3.8) is 0 Å². The molecule has 0 saturated heterocycles. The van der Waals surface area contributed by atoms with Gasteiger partial charge in [0.2, 0.25) is 0 Å². The van der Waals surface area contributed by atoms with Crippen LogP contribution in [-0.2, 0) is 0 Å². The van der Waals surface area contributed by atoms with Crippen LogP contribution < -0.4 is 0 Å². The zero-order chi connectivity index (χ0) is 10.8. The summed E-state index contributed by atoms with van der Waals surface area (Å²) in [6.07, 6.45) is 0. The highest BCUT2D eigenvalue weighted by Gasteiger charge is 2.07. The molecule has 0 saturated carbocycles. The minimum Gasteiger partial charge on any atom is -0.507 e. The Morgan fingerprint density at radius 2 is 1.73 bits per heavy atom. The lowest BCUT2D eigenvalue weighted by Gasteiger charge is -2.08. The molecule has 0 unspecified atom stereocenters. The van der Waals surface area contributed by atoms with Gasteiger partial charge in [-0.25, -0.2) is 0 Å². The van der Waals surface area contributed by atoms with E-state index in [0.29, 0.717) is 5.75 Å². The maximum Gasteiger partial charge on any atom is 0.126 e. The van der Waals surface area contributed by atoms with E-state index < -0.39 is 0 Å². The van der Waals surface area contributed by atoms with Crippen molar-refractivity contribution in [3.05, 3.63) is 52.5 Å². The highest BCUT2D eigenvalue weighted by Crippen LogP contribution is 2.34. The van der Waals surface area contributed by atoms with Gasteiger partial charge in [0, 0.05) is 10.0 Å². The third-order valence-corrected chi connectivity index (χ3v) is 2.81. The summed E-state index contributed by atoms with van der Waals surface area (Å²) in [5.74, 6) is 0.351. The number of hydrogen-bond acceptors (Lipinski definition) is 1. The fourth-order valence-electron chi connectivity index (χ4n) is 1.57. The maximum absolute atomic E-state index is 9.95. The Morgan fingerprint density at radius 3 is 2.40 bits per heavy atom. The third-order valence-electron chi connectivity index (χ3n) is 2.35. The summed E-state index contributed by atoms with van der Waals surface area (Å²) in [6.45, 7) is 1.90. The van der Waals surface area contributed by atoms with Crippen LogP contribution in [0.25, 0.3) is 11.1 Å². The summed E-state index contributed by atoms with van der Waals surface area (Å²) in [4.78, 5) is 0. The molecule has 1 N–H and O–H groups in total. The second kappa shape index (κ2) is 4.07. The summed E-state index contributed by atoms with van der Waals surface area (Å²) < 4.78 is 0.983. The van der Waals surface area contributed by atoms with Crippen molar-refractivity contribution in [1.82, 2.24) is 0 Å². The quantitative estimate of drug-likeness (QED) is 0.820. The Labute approximate surface area is 97.5 Å². The van der Waals surface area contributed by atoms with Crippen LogP contribution in [0.15, 0.2) is 46.9 Å². The molecular weight excluding hydrogens is 252 g/mol. The maximum atomic E-state index is 9.95. The van der Waals surface area contributed by atoms with E-state index in [0.717, 1.165) is 21.2 Å². The van der Waals surface area contributed by atoms with Gasteiger partial charge in [-0.1, -0.05) is 46.3 Å². The SMILES string of the molecule is Cc1cc(Br)cc(-c2ccccc2)c1O. The lowest BCUT2D eigenvalue weighted by atomic mass is 10.0. The predicted molar refractivity (Wildman–Crippen MR) is 66.0 cm³/mol. The fourth-order valence-corrected chi connectivity index (χ4v) is 2.15. The first-order chi connectivity index (χ1) is 7.18. The van der Waals surface area contributed by atoms with E-state index in [1.165, 1.54) is 0 Å². The van der Waals surface area contributed by atoms with E-state index >= 15 is 0 Å². The minimum absolute atomic E-state index is 0.351. The molecule has 0 aliphatic carbocycles. The molecule has 0 heterocycles. The smallest absolute Gasteiger partial charge is 0.126 e. The molecule has 76 valence electrons. The van der Waals surface area contributed by atoms with E-state index in [4.69, 9.17) is 0 Å². The number of phenols is 1. The molecule has 2 aromatic rings. The number of halogens is 1. The van der Waals surface area contributed by atoms with Gasteiger partial charge in [-0.2, -0.15) is 0 Å². The predicted octanol–water partition coefficient (Wildman–Crippen LogP) is 4.13. The minimum atomic E-state index is 0.351. The van der Waals surface area contributed by atoms with Gasteiger partial charge in [0.25, 0.3) is 0 Å². The van der Waals surface area contributed by atoms with Crippen LogP contribution >= 0.6 is 15.9 Å². The first kappa shape index (κ1) is 10.2. The van der Waals surface area contributed by atoms with Gasteiger partial charge in [-0.05, 0) is 30.2 Å². The molecule has 0 atom stereocenters. The van der Waals surface area contributed by atoms with Gasteiger partial charge < -0.3 is 5.11 Å². The number of rotatable bonds is 1. The van der Waals surface area contributed by atoms with Gasteiger partial charge in [0.1, 0.15) is 5.75 Å². The van der Waals surface area contributed by atoms with Crippen molar-refractivity contribution >= 4 is 15.9 Å². The Kier molecular flexibility index (Phi) is 2.78. The van der Waals surface area contributed by atoms with Crippen LogP contribution in [0.3, 0.4) is 0 Å². The van der Waals surface area contributed by atoms with E-state index in [1.54, 1.807) is 0 Å². The van der Waals surface area contributed by atoms with Crippen LogP contribution in [-0.4, -0.2) is 5.11 Å². The first-order valence-electron chi connectivity index (χ1n) is 4.73. The molecule has 0 amide bonds. The third kappa shape index (κ3) is 2.05. The lowest BCUT2D eigenvalue weighted by Crippen LogP contribution is -1.83. The van der Waals surface area contributed by atoms with E-state index in [1.807, 2.05) is 49.4 Å². The second-order valence-electron chi connectivity index (χ2n) is 3.48. The van der Waals surface area contributed by atoms with Crippen molar-refractivity contribution in [3.8, 4) is 16.9 Å². The largest absolute Gasteiger partial charge is 0.507 e. The van der Waals surface area contributed by atoms with Crippen molar-refractivity contribution in [1.29, 1.82) is 0 Å². The number of hydrogen-bond donors (Lipinski definition) is 1. The summed E-state index contributed by atoms with van der Waals surface area (Å²) in [5.41, 5.74) is 2.77. The number of phenolic OH excluding ortho intramolecular Hbond substituents is 1. The molecular formula is C13H11BrO. The number of aryl methyl sites for hydroxylation is 1. The summed E-state index contributed by atoms with van der Waals surface area (Å²) >= 11 is 3.43. The van der Waals surface area contributed by atoms with Crippen molar-refractivity contribution < 1.29 is 5.11 Å². The highest BCUT2D eigenvalue weighted by molar-refractivity contribution is 9.10. The molecule has 0 fully saturated rings. The molecule has 15 heavy (non-hydrogen) atoms. The van der Waals surface area contributed by atoms with Crippen molar-refractivity contribution in [2.75, 3.05) is 0 Å². The molecule has 0 radical (unpaired) electrons. The van der Waals surface area contributed by atoms with Gasteiger partial charge >= 0.3 is 0 Å². The number of aromatic hydroxyl groups is 1. The standard InChI is InChI=1S/C13H11BrO/c1-9-7-11(14)8-12(13(9)15)10-5-3-2-4-6-10/h2-8,15H,1H3. The Morgan fingerprint density at radius 1 is 1.07 bits per heavy atom. The molecule has 1 nitrogen and oxygen atoms in total. The number of benzene rings is 2. The van der Waals surface area contributed by atoms with E-state index in [9.17, 15) is 5.11 Å². The normalized spacial score (nSPS) is 10.3. The summed E-state index contributed by atoms with van der Waals surface area (Å²) in [6, 6.07) is 13.7. The average Bonchev–Trinajstić information content (AvgIpc) is 2.24. The zero-order valence-electron chi connectivity index (χ0n) is 8.37. The van der Waals surface area contributed by atoms with Crippen molar-refractivity contribution in [2.45, 2.75) is 6.92 Å². The molecule has 0 spiro atoms. The van der Waals surface area contributed by atoms with Gasteiger partial charge in [0.05, 0.1) is 0 Å². The van der Waals surface area contributed by atoms with Crippen molar-refractivity contribution in [2.24, 2.45) is 0 Å². The van der Waals surface area contributed by atoms with Gasteiger partial charge in [-0.15, -0.1) is 0 Å². The van der Waals surface area contributed by atoms with E-state index in [2.05, 4.69) is 15.9 Å². The highest BCUT2D eigenvalue weighted by atomic mass is 79.9. The molecule has 2 heteroatoms. The first-order valence-corrected chi connectivity index (χ1v) is 5.52. The molecule has 2 aromatic carbocycles. The molecule has 0 bridgehead atoms. The molecule has 0 aliphatic heterocycles. The Hall–Kier alpha value is -1.28. The lowest BCUT2D eigenvalue weighted by molar-refractivity contribution is 0.473.